The number of nitrogens with one attached hydrogen (secondary N) is 1. The maximum Gasteiger partial charge on any atom is 0.335 e. The zero-order valence-electron chi connectivity index (χ0n) is 11.6. The first-order valence-corrected chi connectivity index (χ1v) is 6.44. The van der Waals surface area contributed by atoms with Crippen LogP contribution >= 0.6 is 0 Å². The molecule has 0 aliphatic heterocycles. The summed E-state index contributed by atoms with van der Waals surface area (Å²) in [6.45, 7) is 3.81. The summed E-state index contributed by atoms with van der Waals surface area (Å²) in [6, 6.07) is 3.26. The molecule has 5 nitrogen and oxygen atoms in total. The van der Waals surface area contributed by atoms with Gasteiger partial charge in [-0.2, -0.15) is 0 Å². The lowest BCUT2D eigenvalue weighted by atomic mass is 9.81. The van der Waals surface area contributed by atoms with Gasteiger partial charge in [0, 0.05) is 6.54 Å². The van der Waals surface area contributed by atoms with Crippen LogP contribution < -0.4 is 11.1 Å². The fourth-order valence-electron chi connectivity index (χ4n) is 1.96. The number of rotatable bonds is 6. The van der Waals surface area contributed by atoms with Crippen LogP contribution in [0.2, 0.25) is 0 Å². The normalized spacial score (nSPS) is 11.2. The Morgan fingerprint density at radius 2 is 1.95 bits per heavy atom. The van der Waals surface area contributed by atoms with Crippen LogP contribution in [0.3, 0.4) is 0 Å². The van der Waals surface area contributed by atoms with E-state index in [9.17, 15) is 14.0 Å². The van der Waals surface area contributed by atoms with Crippen molar-refractivity contribution < 1.29 is 19.1 Å². The van der Waals surface area contributed by atoms with Crippen molar-refractivity contribution in [3.8, 4) is 0 Å². The molecule has 0 radical (unpaired) electrons. The molecule has 4 N–H and O–H groups in total. The van der Waals surface area contributed by atoms with Gasteiger partial charge in [0.25, 0.3) is 0 Å². The highest BCUT2D eigenvalue weighted by molar-refractivity contribution is 5.97. The van der Waals surface area contributed by atoms with Gasteiger partial charge in [0.05, 0.1) is 16.7 Å². The summed E-state index contributed by atoms with van der Waals surface area (Å²) < 4.78 is 13.7. The van der Waals surface area contributed by atoms with Crippen LogP contribution in [0.4, 0.5) is 10.1 Å². The van der Waals surface area contributed by atoms with Gasteiger partial charge in [0.1, 0.15) is 5.82 Å². The molecule has 0 bridgehead atoms. The summed E-state index contributed by atoms with van der Waals surface area (Å²) in [4.78, 5) is 23.1. The second kappa shape index (κ2) is 6.47. The topological polar surface area (TPSA) is 92.4 Å². The first-order valence-electron chi connectivity index (χ1n) is 6.44. The number of hydrogen-bond donors (Lipinski definition) is 3. The van der Waals surface area contributed by atoms with Crippen LogP contribution in [0.25, 0.3) is 0 Å². The minimum absolute atomic E-state index is 0.0898. The molecule has 0 unspecified atom stereocenters. The number of carboxylic acid groups (broad SMARTS) is 1. The quantitative estimate of drug-likeness (QED) is 0.746. The molecule has 6 heteroatoms. The lowest BCUT2D eigenvalue weighted by Gasteiger charge is -2.28. The van der Waals surface area contributed by atoms with Crippen molar-refractivity contribution in [2.24, 2.45) is 11.1 Å². The highest BCUT2D eigenvalue weighted by Crippen LogP contribution is 2.28. The molecular formula is C14H19FN2O3. The summed E-state index contributed by atoms with van der Waals surface area (Å²) in [7, 11) is 0. The van der Waals surface area contributed by atoms with Crippen molar-refractivity contribution in [1.82, 2.24) is 0 Å². The van der Waals surface area contributed by atoms with E-state index in [4.69, 9.17) is 10.8 Å². The molecule has 0 aliphatic carbocycles. The molecule has 0 fully saturated rings. The van der Waals surface area contributed by atoms with Crippen LogP contribution in [-0.2, 0) is 4.79 Å². The molecule has 0 spiro atoms. The summed E-state index contributed by atoms with van der Waals surface area (Å²) in [5, 5.41) is 11.3. The number of carboxylic acids is 1. The number of hydrogen-bond acceptors (Lipinski definition) is 3. The molecule has 1 rings (SSSR count). The first-order chi connectivity index (χ1) is 9.40. The third-order valence-electron chi connectivity index (χ3n) is 3.69. The standard InChI is InChI=1S/C14H19FN2O3/c1-3-14(4-2,8-16)13(20)17-11-7-9(12(18)19)5-6-10(11)15/h5-7H,3-4,8,16H2,1-2H3,(H,17,20)(H,18,19). The third-order valence-corrected chi connectivity index (χ3v) is 3.69. The summed E-state index contributed by atoms with van der Waals surface area (Å²) in [5.74, 6) is -2.26. The van der Waals surface area contributed by atoms with Gasteiger partial charge < -0.3 is 16.2 Å². The predicted octanol–water partition coefficient (Wildman–Crippen LogP) is 2.23. The highest BCUT2D eigenvalue weighted by atomic mass is 19.1. The minimum atomic E-state index is -1.18. The molecular weight excluding hydrogens is 263 g/mol. The number of amides is 1. The lowest BCUT2D eigenvalue weighted by Crippen LogP contribution is -2.41. The second-order valence-electron chi connectivity index (χ2n) is 4.65. The Hall–Kier alpha value is -1.95. The average Bonchev–Trinajstić information content (AvgIpc) is 2.43. The van der Waals surface area contributed by atoms with Crippen molar-refractivity contribution in [3.05, 3.63) is 29.6 Å². The Balaban J connectivity index is 3.06. The van der Waals surface area contributed by atoms with E-state index in [1.807, 2.05) is 13.8 Å². The molecule has 0 atom stereocenters. The fourth-order valence-corrected chi connectivity index (χ4v) is 1.96. The summed E-state index contributed by atoms with van der Waals surface area (Å²) >= 11 is 0. The average molecular weight is 282 g/mol. The maximum absolute atomic E-state index is 13.7. The SMILES string of the molecule is CCC(CC)(CN)C(=O)Nc1cc(C(=O)O)ccc1F. The van der Waals surface area contributed by atoms with E-state index < -0.39 is 23.1 Å². The Kier molecular flexibility index (Phi) is 5.21. The Morgan fingerprint density at radius 1 is 1.35 bits per heavy atom. The largest absolute Gasteiger partial charge is 0.478 e. The summed E-state index contributed by atoms with van der Waals surface area (Å²) in [6.07, 6.45) is 1.04. The number of halogens is 1. The van der Waals surface area contributed by atoms with Gasteiger partial charge in [-0.25, -0.2) is 9.18 Å². The number of carbonyl (C=O) groups is 2. The van der Waals surface area contributed by atoms with Crippen molar-refractivity contribution >= 4 is 17.6 Å². The smallest absolute Gasteiger partial charge is 0.335 e. The number of carbonyl (C=O) groups excluding carboxylic acids is 1. The number of nitrogens with two attached hydrogens (primary N) is 1. The summed E-state index contributed by atoms with van der Waals surface area (Å²) in [5.41, 5.74) is 4.65. The van der Waals surface area contributed by atoms with Crippen LogP contribution in [0.15, 0.2) is 18.2 Å². The zero-order chi connectivity index (χ0) is 15.3. The predicted molar refractivity (Wildman–Crippen MR) is 74.1 cm³/mol. The highest BCUT2D eigenvalue weighted by Gasteiger charge is 2.33. The molecule has 1 amide bonds. The zero-order valence-corrected chi connectivity index (χ0v) is 11.6. The second-order valence-corrected chi connectivity index (χ2v) is 4.65. The fraction of sp³-hybridized carbons (Fsp3) is 0.429. The van der Waals surface area contributed by atoms with E-state index in [0.29, 0.717) is 12.8 Å². The maximum atomic E-state index is 13.7. The molecule has 20 heavy (non-hydrogen) atoms. The van der Waals surface area contributed by atoms with Crippen LogP contribution in [-0.4, -0.2) is 23.5 Å². The monoisotopic (exact) mass is 282 g/mol. The number of anilines is 1. The molecule has 0 saturated carbocycles. The van der Waals surface area contributed by atoms with Gasteiger partial charge in [-0.1, -0.05) is 13.8 Å². The molecule has 0 heterocycles. The Morgan fingerprint density at radius 3 is 2.40 bits per heavy atom. The van der Waals surface area contributed by atoms with Crippen molar-refractivity contribution in [3.63, 3.8) is 0 Å². The van der Waals surface area contributed by atoms with Crippen LogP contribution in [0.5, 0.6) is 0 Å². The van der Waals surface area contributed by atoms with E-state index in [2.05, 4.69) is 5.32 Å². The first kappa shape index (κ1) is 16.1. The molecule has 1 aromatic rings. The van der Waals surface area contributed by atoms with E-state index in [-0.39, 0.29) is 17.8 Å². The van der Waals surface area contributed by atoms with Gasteiger partial charge in [-0.3, -0.25) is 4.79 Å². The Bertz CT molecular complexity index is 505. The van der Waals surface area contributed by atoms with Gasteiger partial charge >= 0.3 is 5.97 Å². The van der Waals surface area contributed by atoms with Crippen molar-refractivity contribution in [2.75, 3.05) is 11.9 Å². The van der Waals surface area contributed by atoms with E-state index in [1.54, 1.807) is 0 Å². The lowest BCUT2D eigenvalue weighted by molar-refractivity contribution is -0.125. The van der Waals surface area contributed by atoms with Gasteiger partial charge in [0.15, 0.2) is 0 Å². The van der Waals surface area contributed by atoms with Gasteiger partial charge in [-0.15, -0.1) is 0 Å². The molecule has 0 aromatic heterocycles. The molecule has 110 valence electrons. The number of benzene rings is 1. The Labute approximate surface area is 117 Å². The van der Waals surface area contributed by atoms with Crippen molar-refractivity contribution in [1.29, 1.82) is 0 Å². The van der Waals surface area contributed by atoms with E-state index in [0.717, 1.165) is 18.2 Å². The van der Waals surface area contributed by atoms with Crippen molar-refractivity contribution in [2.45, 2.75) is 26.7 Å². The van der Waals surface area contributed by atoms with Crippen LogP contribution in [0.1, 0.15) is 37.0 Å². The van der Waals surface area contributed by atoms with Gasteiger partial charge in [-0.05, 0) is 31.0 Å². The van der Waals surface area contributed by atoms with E-state index in [1.165, 1.54) is 0 Å². The molecule has 0 aliphatic rings. The van der Waals surface area contributed by atoms with E-state index >= 15 is 0 Å². The molecule has 0 saturated heterocycles. The number of aromatic carboxylic acids is 1. The minimum Gasteiger partial charge on any atom is -0.478 e. The van der Waals surface area contributed by atoms with Crippen LogP contribution in [0, 0.1) is 11.2 Å². The third kappa shape index (κ3) is 3.14. The van der Waals surface area contributed by atoms with Gasteiger partial charge in [0.2, 0.25) is 5.91 Å². The molecule has 1 aromatic carbocycles.